The molecule has 2 rings (SSSR count). The summed E-state index contributed by atoms with van der Waals surface area (Å²) in [6.07, 6.45) is -2.05. The van der Waals surface area contributed by atoms with Crippen LogP contribution in [0.15, 0.2) is 48.5 Å². The number of phenolic OH excluding ortho intramolecular Hbond substituents is 1. The lowest BCUT2D eigenvalue weighted by Gasteiger charge is -2.07. The SMILES string of the molecule is Cc1ccc(NC(=O)C=Cc2cccc(C(F)(F)F)c2)c(O)c1. The predicted molar refractivity (Wildman–Crippen MR) is 82.0 cm³/mol. The molecule has 6 heteroatoms. The third-order valence-electron chi connectivity index (χ3n) is 3.05. The largest absolute Gasteiger partial charge is 0.506 e. The molecule has 0 aliphatic carbocycles. The highest BCUT2D eigenvalue weighted by molar-refractivity contribution is 6.02. The van der Waals surface area contributed by atoms with Crippen molar-refractivity contribution >= 4 is 17.7 Å². The Balaban J connectivity index is 2.09. The molecule has 2 aromatic rings. The Bertz CT molecular complexity index is 752. The first-order valence-corrected chi connectivity index (χ1v) is 6.71. The Hall–Kier alpha value is -2.76. The number of anilines is 1. The second kappa shape index (κ2) is 6.56. The molecule has 0 fully saturated rings. The molecule has 0 saturated heterocycles. The summed E-state index contributed by atoms with van der Waals surface area (Å²) in [6, 6.07) is 9.39. The summed E-state index contributed by atoms with van der Waals surface area (Å²) in [7, 11) is 0. The van der Waals surface area contributed by atoms with E-state index in [1.54, 1.807) is 19.1 Å². The zero-order chi connectivity index (χ0) is 17.0. The van der Waals surface area contributed by atoms with Gasteiger partial charge in [-0.2, -0.15) is 13.2 Å². The quantitative estimate of drug-likeness (QED) is 0.651. The fourth-order valence-electron chi connectivity index (χ4n) is 1.91. The van der Waals surface area contributed by atoms with Gasteiger partial charge in [0.2, 0.25) is 5.91 Å². The lowest BCUT2D eigenvalue weighted by molar-refractivity contribution is -0.137. The number of hydrogen-bond donors (Lipinski definition) is 2. The number of phenols is 1. The van der Waals surface area contributed by atoms with Crippen LogP contribution in [0.25, 0.3) is 6.08 Å². The van der Waals surface area contributed by atoms with Crippen LogP contribution in [0.5, 0.6) is 5.75 Å². The van der Waals surface area contributed by atoms with Crippen molar-refractivity contribution < 1.29 is 23.1 Å². The Morgan fingerprint density at radius 2 is 1.91 bits per heavy atom. The van der Waals surface area contributed by atoms with E-state index in [-0.39, 0.29) is 17.0 Å². The van der Waals surface area contributed by atoms with Crippen molar-refractivity contribution in [3.8, 4) is 5.75 Å². The molecule has 0 aliphatic heterocycles. The zero-order valence-corrected chi connectivity index (χ0v) is 12.2. The van der Waals surface area contributed by atoms with Crippen molar-refractivity contribution in [3.05, 3.63) is 65.2 Å². The van der Waals surface area contributed by atoms with Gasteiger partial charge in [0.1, 0.15) is 5.75 Å². The maximum absolute atomic E-state index is 12.6. The highest BCUT2D eigenvalue weighted by Crippen LogP contribution is 2.29. The number of rotatable bonds is 3. The fraction of sp³-hybridized carbons (Fsp3) is 0.118. The van der Waals surface area contributed by atoms with Gasteiger partial charge in [0.15, 0.2) is 0 Å². The van der Waals surface area contributed by atoms with Gasteiger partial charge < -0.3 is 10.4 Å². The van der Waals surface area contributed by atoms with E-state index >= 15 is 0 Å². The van der Waals surface area contributed by atoms with Gasteiger partial charge in [-0.25, -0.2) is 0 Å². The number of nitrogens with one attached hydrogen (secondary N) is 1. The van der Waals surface area contributed by atoms with Crippen molar-refractivity contribution in [2.75, 3.05) is 5.32 Å². The minimum atomic E-state index is -4.43. The van der Waals surface area contributed by atoms with Gasteiger partial charge in [0.05, 0.1) is 11.3 Å². The normalized spacial score (nSPS) is 11.7. The number of aryl methyl sites for hydroxylation is 1. The van der Waals surface area contributed by atoms with Crippen LogP contribution < -0.4 is 5.32 Å². The maximum atomic E-state index is 12.6. The molecule has 0 unspecified atom stereocenters. The predicted octanol–water partition coefficient (Wildman–Crippen LogP) is 4.37. The number of carbonyl (C=O) groups excluding carboxylic acids is 1. The number of benzene rings is 2. The van der Waals surface area contributed by atoms with Crippen molar-refractivity contribution in [2.24, 2.45) is 0 Å². The average molecular weight is 321 g/mol. The molecule has 23 heavy (non-hydrogen) atoms. The smallest absolute Gasteiger partial charge is 0.416 e. The van der Waals surface area contributed by atoms with Crippen LogP contribution >= 0.6 is 0 Å². The van der Waals surface area contributed by atoms with Gasteiger partial charge in [-0.15, -0.1) is 0 Å². The lowest BCUT2D eigenvalue weighted by Crippen LogP contribution is -2.08. The number of alkyl halides is 3. The van der Waals surface area contributed by atoms with Crippen LogP contribution in [0.1, 0.15) is 16.7 Å². The third kappa shape index (κ3) is 4.60. The molecule has 1 amide bonds. The summed E-state index contributed by atoms with van der Waals surface area (Å²) >= 11 is 0. The highest BCUT2D eigenvalue weighted by Gasteiger charge is 2.30. The topological polar surface area (TPSA) is 49.3 Å². The van der Waals surface area contributed by atoms with Gasteiger partial charge >= 0.3 is 6.18 Å². The van der Waals surface area contributed by atoms with E-state index in [0.29, 0.717) is 0 Å². The Morgan fingerprint density at radius 1 is 1.17 bits per heavy atom. The van der Waals surface area contributed by atoms with Crippen molar-refractivity contribution in [2.45, 2.75) is 13.1 Å². The Morgan fingerprint density at radius 3 is 2.57 bits per heavy atom. The molecule has 0 aliphatic rings. The van der Waals surface area contributed by atoms with Crippen molar-refractivity contribution in [1.29, 1.82) is 0 Å². The van der Waals surface area contributed by atoms with Crippen molar-refractivity contribution in [1.82, 2.24) is 0 Å². The summed E-state index contributed by atoms with van der Waals surface area (Å²) < 4.78 is 37.8. The summed E-state index contributed by atoms with van der Waals surface area (Å²) in [5.41, 5.74) is 0.536. The molecule has 120 valence electrons. The van der Waals surface area contributed by atoms with Crippen LogP contribution in [-0.4, -0.2) is 11.0 Å². The minimum Gasteiger partial charge on any atom is -0.506 e. The monoisotopic (exact) mass is 321 g/mol. The van der Waals surface area contributed by atoms with Gasteiger partial charge in [-0.3, -0.25) is 4.79 Å². The van der Waals surface area contributed by atoms with E-state index < -0.39 is 17.6 Å². The molecular formula is C17H14F3NO2. The first-order valence-electron chi connectivity index (χ1n) is 6.71. The van der Waals surface area contributed by atoms with Crippen LogP contribution in [0, 0.1) is 6.92 Å². The van der Waals surface area contributed by atoms with E-state index in [1.165, 1.54) is 24.3 Å². The van der Waals surface area contributed by atoms with Crippen LogP contribution in [0.4, 0.5) is 18.9 Å². The summed E-state index contributed by atoms with van der Waals surface area (Å²) in [4.78, 5) is 11.8. The third-order valence-corrected chi connectivity index (χ3v) is 3.05. The Kier molecular flexibility index (Phi) is 4.74. The van der Waals surface area contributed by atoms with Crippen LogP contribution in [0.2, 0.25) is 0 Å². The molecule has 2 N–H and O–H groups in total. The number of hydrogen-bond acceptors (Lipinski definition) is 2. The number of carbonyl (C=O) groups is 1. The average Bonchev–Trinajstić information content (AvgIpc) is 2.47. The van der Waals surface area contributed by atoms with E-state index in [9.17, 15) is 23.1 Å². The molecule has 3 nitrogen and oxygen atoms in total. The van der Waals surface area contributed by atoms with Gasteiger partial charge in [0, 0.05) is 6.08 Å². The standard InChI is InChI=1S/C17H14F3NO2/c1-11-5-7-14(15(22)9-11)21-16(23)8-6-12-3-2-4-13(10-12)17(18,19)20/h2-10,22H,1H3,(H,21,23). The lowest BCUT2D eigenvalue weighted by atomic mass is 10.1. The second-order valence-corrected chi connectivity index (χ2v) is 4.97. The first-order chi connectivity index (χ1) is 10.8. The summed E-state index contributed by atoms with van der Waals surface area (Å²) in [5.74, 6) is -0.632. The molecule has 0 saturated carbocycles. The summed E-state index contributed by atoms with van der Waals surface area (Å²) in [6.45, 7) is 1.79. The molecule has 0 bridgehead atoms. The van der Waals surface area contributed by atoms with Crippen LogP contribution in [0.3, 0.4) is 0 Å². The van der Waals surface area contributed by atoms with Gasteiger partial charge in [0.25, 0.3) is 0 Å². The van der Waals surface area contributed by atoms with Gasteiger partial charge in [-0.1, -0.05) is 18.2 Å². The minimum absolute atomic E-state index is 0.0779. The molecule has 0 heterocycles. The number of aromatic hydroxyl groups is 1. The second-order valence-electron chi connectivity index (χ2n) is 4.97. The molecule has 0 radical (unpaired) electrons. The molecule has 2 aromatic carbocycles. The molecule has 0 aromatic heterocycles. The maximum Gasteiger partial charge on any atom is 0.416 e. The number of amides is 1. The molecule has 0 atom stereocenters. The van der Waals surface area contributed by atoms with Crippen molar-refractivity contribution in [3.63, 3.8) is 0 Å². The summed E-state index contributed by atoms with van der Waals surface area (Å²) in [5, 5.41) is 12.1. The van der Waals surface area contributed by atoms with E-state index in [4.69, 9.17) is 0 Å². The van der Waals surface area contributed by atoms with E-state index in [1.807, 2.05) is 0 Å². The van der Waals surface area contributed by atoms with Gasteiger partial charge in [-0.05, 0) is 48.4 Å². The zero-order valence-electron chi connectivity index (χ0n) is 12.2. The highest BCUT2D eigenvalue weighted by atomic mass is 19.4. The number of halogens is 3. The van der Waals surface area contributed by atoms with Crippen LogP contribution in [-0.2, 0) is 11.0 Å². The molecular weight excluding hydrogens is 307 g/mol. The van der Waals surface area contributed by atoms with E-state index in [0.717, 1.165) is 23.8 Å². The molecule has 0 spiro atoms. The Labute approximate surface area is 131 Å². The van der Waals surface area contributed by atoms with E-state index in [2.05, 4.69) is 5.32 Å². The fourth-order valence-corrected chi connectivity index (χ4v) is 1.91. The first kappa shape index (κ1) is 16.6.